The molecule has 1 unspecified atom stereocenters. The van der Waals surface area contributed by atoms with Gasteiger partial charge in [-0.25, -0.2) is 4.79 Å². The van der Waals surface area contributed by atoms with Crippen molar-refractivity contribution in [2.75, 3.05) is 0 Å². The third-order valence-electron chi connectivity index (χ3n) is 2.44. The van der Waals surface area contributed by atoms with E-state index in [0.717, 1.165) is 0 Å². The van der Waals surface area contributed by atoms with E-state index in [9.17, 15) is 14.7 Å². The summed E-state index contributed by atoms with van der Waals surface area (Å²) in [5.74, 6) is -2.21. The molecule has 1 aromatic carbocycles. The fourth-order valence-electron chi connectivity index (χ4n) is 1.65. The highest BCUT2D eigenvalue weighted by Gasteiger charge is 2.50. The van der Waals surface area contributed by atoms with E-state index in [4.69, 9.17) is 5.11 Å². The number of carboxylic acid groups (broad SMARTS) is 1. The fraction of sp³-hybridized carbons (Fsp3) is 0.200. The summed E-state index contributed by atoms with van der Waals surface area (Å²) in [7, 11) is 0. The first kappa shape index (κ1) is 8.90. The van der Waals surface area contributed by atoms with Crippen LogP contribution in [0.1, 0.15) is 15.9 Å². The van der Waals surface area contributed by atoms with Crippen LogP contribution in [0.4, 0.5) is 0 Å². The lowest BCUT2D eigenvalue weighted by Crippen LogP contribution is -2.44. The van der Waals surface area contributed by atoms with E-state index in [-0.39, 0.29) is 6.42 Å². The van der Waals surface area contributed by atoms with Gasteiger partial charge in [-0.3, -0.25) is 4.79 Å². The lowest BCUT2D eigenvalue weighted by molar-refractivity contribution is -0.152. The first-order chi connectivity index (χ1) is 6.55. The zero-order chi connectivity index (χ0) is 10.3. The number of Topliss-reactive ketones (excluding diaryl/α,β-unsaturated/α-hetero) is 1. The van der Waals surface area contributed by atoms with Gasteiger partial charge in [-0.1, -0.05) is 24.3 Å². The van der Waals surface area contributed by atoms with Crippen LogP contribution in [-0.2, 0) is 11.2 Å². The van der Waals surface area contributed by atoms with Crippen LogP contribution >= 0.6 is 0 Å². The lowest BCUT2D eigenvalue weighted by atomic mass is 10.00. The van der Waals surface area contributed by atoms with Gasteiger partial charge in [0.15, 0.2) is 0 Å². The van der Waals surface area contributed by atoms with Gasteiger partial charge in [-0.2, -0.15) is 0 Å². The van der Waals surface area contributed by atoms with Gasteiger partial charge in [-0.05, 0) is 5.56 Å². The molecule has 0 saturated carbocycles. The average molecular weight is 192 g/mol. The molecule has 0 aliphatic heterocycles. The Labute approximate surface area is 79.8 Å². The number of aliphatic hydroxyl groups is 1. The highest BCUT2D eigenvalue weighted by atomic mass is 16.4. The molecule has 1 atom stereocenters. The molecule has 4 heteroatoms. The number of hydrogen-bond acceptors (Lipinski definition) is 3. The number of carboxylic acids is 1. The number of rotatable bonds is 1. The lowest BCUT2D eigenvalue weighted by Gasteiger charge is -2.13. The number of fused-ring (bicyclic) bond motifs is 1. The summed E-state index contributed by atoms with van der Waals surface area (Å²) in [6.45, 7) is 0. The summed E-state index contributed by atoms with van der Waals surface area (Å²) < 4.78 is 0. The molecule has 2 rings (SSSR count). The quantitative estimate of drug-likeness (QED) is 0.625. The number of hydrogen-bond donors (Lipinski definition) is 2. The monoisotopic (exact) mass is 192 g/mol. The molecule has 0 spiro atoms. The van der Waals surface area contributed by atoms with Crippen molar-refractivity contribution < 1.29 is 19.8 Å². The summed E-state index contributed by atoms with van der Waals surface area (Å²) in [4.78, 5) is 22.3. The standard InChI is InChI=1S/C10H8O4/c11-8-7-4-2-1-3-6(7)5-10(8,14)9(12)13/h1-4,14H,5H2,(H,12,13). The maximum Gasteiger partial charge on any atom is 0.344 e. The second kappa shape index (κ2) is 2.65. The van der Waals surface area contributed by atoms with Gasteiger partial charge in [0.1, 0.15) is 0 Å². The maximum absolute atomic E-state index is 11.5. The van der Waals surface area contributed by atoms with E-state index < -0.39 is 17.4 Å². The molecule has 0 aromatic heterocycles. The molecule has 2 N–H and O–H groups in total. The molecule has 1 aromatic rings. The number of carbonyl (C=O) groups excluding carboxylic acids is 1. The number of aliphatic carboxylic acids is 1. The Morgan fingerprint density at radius 3 is 2.57 bits per heavy atom. The summed E-state index contributed by atoms with van der Waals surface area (Å²) >= 11 is 0. The van der Waals surface area contributed by atoms with E-state index in [2.05, 4.69) is 0 Å². The molecule has 0 radical (unpaired) electrons. The summed E-state index contributed by atoms with van der Waals surface area (Å²) in [6, 6.07) is 6.52. The minimum Gasteiger partial charge on any atom is -0.479 e. The molecule has 0 amide bonds. The van der Waals surface area contributed by atoms with Crippen LogP contribution < -0.4 is 0 Å². The molecule has 0 saturated heterocycles. The van der Waals surface area contributed by atoms with Gasteiger partial charge in [0.05, 0.1) is 0 Å². The maximum atomic E-state index is 11.5. The number of benzene rings is 1. The van der Waals surface area contributed by atoms with Crippen molar-refractivity contribution in [1.82, 2.24) is 0 Å². The smallest absolute Gasteiger partial charge is 0.344 e. The van der Waals surface area contributed by atoms with Gasteiger partial charge in [0.25, 0.3) is 0 Å². The molecule has 4 nitrogen and oxygen atoms in total. The van der Waals surface area contributed by atoms with Crippen molar-refractivity contribution in [3.8, 4) is 0 Å². The van der Waals surface area contributed by atoms with Gasteiger partial charge < -0.3 is 10.2 Å². The number of ketones is 1. The van der Waals surface area contributed by atoms with Crippen molar-refractivity contribution in [1.29, 1.82) is 0 Å². The van der Waals surface area contributed by atoms with Crippen LogP contribution in [0.2, 0.25) is 0 Å². The van der Waals surface area contributed by atoms with Gasteiger partial charge >= 0.3 is 5.97 Å². The Hall–Kier alpha value is -1.68. The third-order valence-corrected chi connectivity index (χ3v) is 2.44. The summed E-state index contributed by atoms with van der Waals surface area (Å²) in [5, 5.41) is 18.4. The third kappa shape index (κ3) is 0.975. The predicted octanol–water partition coefficient (Wildman–Crippen LogP) is 0.241. The van der Waals surface area contributed by atoms with E-state index >= 15 is 0 Å². The average Bonchev–Trinajstić information content (AvgIpc) is 2.42. The number of carbonyl (C=O) groups is 2. The van der Waals surface area contributed by atoms with E-state index in [1.807, 2.05) is 0 Å². The van der Waals surface area contributed by atoms with Crippen LogP contribution in [-0.4, -0.2) is 27.6 Å². The largest absolute Gasteiger partial charge is 0.479 e. The molecule has 0 heterocycles. The Kier molecular flexibility index (Phi) is 1.69. The molecule has 72 valence electrons. The first-order valence-electron chi connectivity index (χ1n) is 4.14. The predicted molar refractivity (Wildman–Crippen MR) is 47.1 cm³/mol. The topological polar surface area (TPSA) is 74.6 Å². The second-order valence-corrected chi connectivity index (χ2v) is 3.33. The van der Waals surface area contributed by atoms with Crippen LogP contribution in [0.5, 0.6) is 0 Å². The molecule has 14 heavy (non-hydrogen) atoms. The Balaban J connectivity index is 2.54. The Morgan fingerprint density at radius 2 is 2.00 bits per heavy atom. The normalized spacial score (nSPS) is 24.8. The van der Waals surface area contributed by atoms with Gasteiger partial charge in [-0.15, -0.1) is 0 Å². The van der Waals surface area contributed by atoms with Crippen molar-refractivity contribution in [3.63, 3.8) is 0 Å². The van der Waals surface area contributed by atoms with Crippen LogP contribution in [0.3, 0.4) is 0 Å². The van der Waals surface area contributed by atoms with Crippen molar-refractivity contribution >= 4 is 11.8 Å². The zero-order valence-electron chi connectivity index (χ0n) is 7.23. The Bertz CT molecular complexity index is 424. The highest BCUT2D eigenvalue weighted by molar-refractivity contribution is 6.18. The second-order valence-electron chi connectivity index (χ2n) is 3.33. The fourth-order valence-corrected chi connectivity index (χ4v) is 1.65. The zero-order valence-corrected chi connectivity index (χ0v) is 7.23. The van der Waals surface area contributed by atoms with E-state index in [1.54, 1.807) is 18.2 Å². The van der Waals surface area contributed by atoms with Crippen LogP contribution in [0.15, 0.2) is 24.3 Å². The van der Waals surface area contributed by atoms with Crippen molar-refractivity contribution in [2.45, 2.75) is 12.0 Å². The summed E-state index contributed by atoms with van der Waals surface area (Å²) in [6.07, 6.45) is -0.142. The van der Waals surface area contributed by atoms with E-state index in [1.165, 1.54) is 6.07 Å². The first-order valence-corrected chi connectivity index (χ1v) is 4.14. The molecule has 0 bridgehead atoms. The molecule has 0 fully saturated rings. The minimum atomic E-state index is -2.26. The van der Waals surface area contributed by atoms with Gasteiger partial charge in [0.2, 0.25) is 11.4 Å². The summed E-state index contributed by atoms with van der Waals surface area (Å²) in [5.41, 5.74) is -1.37. The molecular weight excluding hydrogens is 184 g/mol. The van der Waals surface area contributed by atoms with Crippen molar-refractivity contribution in [2.24, 2.45) is 0 Å². The highest BCUT2D eigenvalue weighted by Crippen LogP contribution is 2.29. The van der Waals surface area contributed by atoms with Crippen LogP contribution in [0, 0.1) is 0 Å². The molecule has 1 aliphatic rings. The minimum absolute atomic E-state index is 0.142. The molecule has 1 aliphatic carbocycles. The Morgan fingerprint density at radius 1 is 1.36 bits per heavy atom. The van der Waals surface area contributed by atoms with Crippen molar-refractivity contribution in [3.05, 3.63) is 35.4 Å². The SMILES string of the molecule is O=C(O)C1(O)Cc2ccccc2C1=O. The van der Waals surface area contributed by atoms with Gasteiger partial charge in [0, 0.05) is 12.0 Å². The van der Waals surface area contributed by atoms with Crippen LogP contribution in [0.25, 0.3) is 0 Å². The van der Waals surface area contributed by atoms with E-state index in [0.29, 0.717) is 11.1 Å². The molecular formula is C10H8O4.